The SMILES string of the molecule is CC[C@H](C(=O)NC1CCCCCCC1)N(c1ccc(C)cc1)S(C)(=O)=O. The number of carbonyl (C=O) groups excluding carboxylic acids is 1. The van der Waals surface area contributed by atoms with Crippen molar-refractivity contribution in [3.63, 3.8) is 0 Å². The van der Waals surface area contributed by atoms with Crippen molar-refractivity contribution in [1.82, 2.24) is 5.32 Å². The van der Waals surface area contributed by atoms with Crippen LogP contribution in [0.15, 0.2) is 24.3 Å². The fraction of sp³-hybridized carbons (Fsp3) is 0.650. The Balaban J connectivity index is 2.20. The van der Waals surface area contributed by atoms with Crippen molar-refractivity contribution in [2.45, 2.75) is 77.3 Å². The van der Waals surface area contributed by atoms with Gasteiger partial charge in [0.2, 0.25) is 15.9 Å². The third-order valence-electron chi connectivity index (χ3n) is 5.07. The maximum absolute atomic E-state index is 13.0. The Labute approximate surface area is 158 Å². The molecule has 1 N–H and O–H groups in total. The Bertz CT molecular complexity index is 678. The van der Waals surface area contributed by atoms with Crippen LogP contribution in [0.1, 0.15) is 63.9 Å². The lowest BCUT2D eigenvalue weighted by atomic mass is 9.96. The smallest absolute Gasteiger partial charge is 0.244 e. The standard InChI is InChI=1S/C20H32N2O3S/c1-4-19(20(23)21-17-10-8-6-5-7-9-11-17)22(26(3,24)25)18-14-12-16(2)13-15-18/h12-15,17,19H,4-11H2,1-3H3,(H,21,23)/t19-/m1/s1. The largest absolute Gasteiger partial charge is 0.352 e. The van der Waals surface area contributed by atoms with Crippen LogP contribution in [0.4, 0.5) is 5.69 Å². The Morgan fingerprint density at radius 1 is 1.12 bits per heavy atom. The lowest BCUT2D eigenvalue weighted by molar-refractivity contribution is -0.123. The van der Waals surface area contributed by atoms with Crippen molar-refractivity contribution < 1.29 is 13.2 Å². The van der Waals surface area contributed by atoms with Crippen molar-refractivity contribution in [2.75, 3.05) is 10.6 Å². The number of nitrogens with zero attached hydrogens (tertiary/aromatic N) is 1. The van der Waals surface area contributed by atoms with Gasteiger partial charge in [0, 0.05) is 6.04 Å². The first kappa shape index (κ1) is 20.7. The van der Waals surface area contributed by atoms with Crippen LogP contribution in [0.3, 0.4) is 0 Å². The van der Waals surface area contributed by atoms with E-state index in [0.717, 1.165) is 31.2 Å². The second kappa shape index (κ2) is 9.40. The maximum atomic E-state index is 13.0. The Morgan fingerprint density at radius 3 is 2.15 bits per heavy atom. The average molecular weight is 381 g/mol. The molecule has 6 heteroatoms. The Hall–Kier alpha value is -1.56. The molecule has 0 heterocycles. The highest BCUT2D eigenvalue weighted by Crippen LogP contribution is 2.24. The first-order chi connectivity index (χ1) is 12.3. The van der Waals surface area contributed by atoms with Gasteiger partial charge in [0.25, 0.3) is 0 Å². The zero-order chi connectivity index (χ0) is 19.2. The van der Waals surface area contributed by atoms with Crippen LogP contribution in [0.5, 0.6) is 0 Å². The van der Waals surface area contributed by atoms with E-state index >= 15 is 0 Å². The number of aryl methyl sites for hydroxylation is 1. The fourth-order valence-corrected chi connectivity index (χ4v) is 4.86. The lowest BCUT2D eigenvalue weighted by Gasteiger charge is -2.32. The van der Waals surface area contributed by atoms with Gasteiger partial charge in [0.15, 0.2) is 0 Å². The van der Waals surface area contributed by atoms with Gasteiger partial charge in [0.05, 0.1) is 11.9 Å². The number of anilines is 1. The number of benzene rings is 1. The van der Waals surface area contributed by atoms with Crippen LogP contribution in [0.2, 0.25) is 0 Å². The molecule has 0 bridgehead atoms. The van der Waals surface area contributed by atoms with E-state index in [4.69, 9.17) is 0 Å². The minimum atomic E-state index is -3.57. The topological polar surface area (TPSA) is 66.5 Å². The van der Waals surface area contributed by atoms with Crippen molar-refractivity contribution >= 4 is 21.6 Å². The van der Waals surface area contributed by atoms with Crippen LogP contribution < -0.4 is 9.62 Å². The molecule has 1 aromatic rings. The molecule has 0 saturated heterocycles. The molecule has 0 aromatic heterocycles. The van der Waals surface area contributed by atoms with Gasteiger partial charge >= 0.3 is 0 Å². The third-order valence-corrected chi connectivity index (χ3v) is 6.25. The highest BCUT2D eigenvalue weighted by molar-refractivity contribution is 7.92. The summed E-state index contributed by atoms with van der Waals surface area (Å²) < 4.78 is 26.2. The quantitative estimate of drug-likeness (QED) is 0.817. The number of sulfonamides is 1. The van der Waals surface area contributed by atoms with E-state index < -0.39 is 16.1 Å². The van der Waals surface area contributed by atoms with Gasteiger partial charge in [-0.05, 0) is 38.3 Å². The fourth-order valence-electron chi connectivity index (χ4n) is 3.65. The number of amides is 1. The Kier molecular flexibility index (Phi) is 7.50. The minimum Gasteiger partial charge on any atom is -0.352 e. The van der Waals surface area contributed by atoms with E-state index in [9.17, 15) is 13.2 Å². The van der Waals surface area contributed by atoms with Gasteiger partial charge in [-0.1, -0.05) is 56.7 Å². The summed E-state index contributed by atoms with van der Waals surface area (Å²) in [7, 11) is -3.57. The minimum absolute atomic E-state index is 0.149. The van der Waals surface area contributed by atoms with Gasteiger partial charge in [-0.15, -0.1) is 0 Å². The zero-order valence-electron chi connectivity index (χ0n) is 16.2. The van der Waals surface area contributed by atoms with Crippen LogP contribution >= 0.6 is 0 Å². The predicted octanol–water partition coefficient (Wildman–Crippen LogP) is 3.77. The summed E-state index contributed by atoms with van der Waals surface area (Å²) in [6, 6.07) is 6.69. The summed E-state index contributed by atoms with van der Waals surface area (Å²) >= 11 is 0. The van der Waals surface area contributed by atoms with Crippen LogP contribution in [-0.4, -0.2) is 32.7 Å². The Morgan fingerprint density at radius 2 is 1.65 bits per heavy atom. The molecule has 0 aliphatic heterocycles. The van der Waals surface area contributed by atoms with Crippen molar-refractivity contribution in [2.24, 2.45) is 0 Å². The number of hydrogen-bond donors (Lipinski definition) is 1. The molecule has 1 aromatic carbocycles. The van der Waals surface area contributed by atoms with E-state index in [-0.39, 0.29) is 11.9 Å². The summed E-state index contributed by atoms with van der Waals surface area (Å²) in [5.41, 5.74) is 1.59. The monoisotopic (exact) mass is 380 g/mol. The molecular formula is C20H32N2O3S. The van der Waals surface area contributed by atoms with Crippen molar-refractivity contribution in [1.29, 1.82) is 0 Å². The van der Waals surface area contributed by atoms with E-state index in [1.165, 1.54) is 29.8 Å². The first-order valence-corrected chi connectivity index (χ1v) is 11.5. The molecule has 1 saturated carbocycles. The molecular weight excluding hydrogens is 348 g/mol. The predicted molar refractivity (Wildman–Crippen MR) is 107 cm³/mol. The number of nitrogens with one attached hydrogen (secondary N) is 1. The van der Waals surface area contributed by atoms with Crippen LogP contribution in [0.25, 0.3) is 0 Å². The van der Waals surface area contributed by atoms with Gasteiger partial charge < -0.3 is 5.32 Å². The lowest BCUT2D eigenvalue weighted by Crippen LogP contribution is -2.51. The van der Waals surface area contributed by atoms with E-state index in [2.05, 4.69) is 5.32 Å². The molecule has 1 aliphatic rings. The molecule has 0 radical (unpaired) electrons. The van der Waals surface area contributed by atoms with Crippen LogP contribution in [-0.2, 0) is 14.8 Å². The molecule has 0 spiro atoms. The highest BCUT2D eigenvalue weighted by Gasteiger charge is 2.32. The third kappa shape index (κ3) is 5.73. The van der Waals surface area contributed by atoms with Gasteiger partial charge in [-0.3, -0.25) is 9.10 Å². The van der Waals surface area contributed by atoms with E-state index in [0.29, 0.717) is 12.1 Å². The second-order valence-corrected chi connectivity index (χ2v) is 9.23. The zero-order valence-corrected chi connectivity index (χ0v) is 17.0. The van der Waals surface area contributed by atoms with E-state index in [1.807, 2.05) is 26.0 Å². The number of rotatable bonds is 6. The number of hydrogen-bond acceptors (Lipinski definition) is 3. The number of carbonyl (C=O) groups is 1. The van der Waals surface area contributed by atoms with Gasteiger partial charge in [0.1, 0.15) is 6.04 Å². The molecule has 26 heavy (non-hydrogen) atoms. The summed E-state index contributed by atoms with van der Waals surface area (Å²) in [5.74, 6) is -0.191. The van der Waals surface area contributed by atoms with E-state index in [1.54, 1.807) is 12.1 Å². The summed E-state index contributed by atoms with van der Waals surface area (Å²) in [6.07, 6.45) is 9.48. The molecule has 1 aliphatic carbocycles. The molecule has 5 nitrogen and oxygen atoms in total. The van der Waals surface area contributed by atoms with Gasteiger partial charge in [-0.2, -0.15) is 0 Å². The van der Waals surface area contributed by atoms with Crippen LogP contribution in [0, 0.1) is 6.92 Å². The molecule has 2 rings (SSSR count). The van der Waals surface area contributed by atoms with Gasteiger partial charge in [-0.25, -0.2) is 8.42 Å². The van der Waals surface area contributed by atoms with Crippen molar-refractivity contribution in [3.05, 3.63) is 29.8 Å². The van der Waals surface area contributed by atoms with Crippen molar-refractivity contribution in [3.8, 4) is 0 Å². The average Bonchev–Trinajstić information content (AvgIpc) is 2.54. The molecule has 0 unspecified atom stereocenters. The molecule has 146 valence electrons. The first-order valence-electron chi connectivity index (χ1n) is 9.69. The molecule has 1 amide bonds. The second-order valence-electron chi connectivity index (χ2n) is 7.37. The normalized spacial score (nSPS) is 17.8. The summed E-state index contributed by atoms with van der Waals surface area (Å²) in [4.78, 5) is 13.0. The molecule has 1 fully saturated rings. The highest BCUT2D eigenvalue weighted by atomic mass is 32.2. The maximum Gasteiger partial charge on any atom is 0.244 e. The summed E-state index contributed by atoms with van der Waals surface area (Å²) in [6.45, 7) is 3.81. The summed E-state index contributed by atoms with van der Waals surface area (Å²) in [5, 5.41) is 3.13. The molecule has 1 atom stereocenters.